The molecule has 0 saturated heterocycles. The Morgan fingerprint density at radius 1 is 1.19 bits per heavy atom. The summed E-state index contributed by atoms with van der Waals surface area (Å²) >= 11 is 0. The molecule has 1 rings (SSSR count). The Hall–Kier alpha value is -1.07. The second-order valence-electron chi connectivity index (χ2n) is 4.09. The highest BCUT2D eigenvalue weighted by Crippen LogP contribution is 2.25. The van der Waals surface area contributed by atoms with Crippen molar-refractivity contribution in [2.75, 3.05) is 0 Å². The van der Waals surface area contributed by atoms with E-state index in [0.717, 1.165) is 5.56 Å². The lowest BCUT2D eigenvalue weighted by Gasteiger charge is -2.14. The van der Waals surface area contributed by atoms with E-state index in [9.17, 15) is 8.42 Å². The van der Waals surface area contributed by atoms with E-state index in [1.165, 1.54) is 0 Å². The third-order valence-electron chi connectivity index (χ3n) is 2.14. The number of sulfonamides is 1. The number of hydrogen-bond donors (Lipinski definition) is 1. The number of benzene rings is 1. The molecule has 0 fully saturated rings. The molecule has 2 N–H and O–H groups in total. The maximum absolute atomic E-state index is 11.3. The van der Waals surface area contributed by atoms with Crippen LogP contribution in [0.15, 0.2) is 17.0 Å². The maximum atomic E-state index is 11.3. The van der Waals surface area contributed by atoms with Crippen LogP contribution in [0.2, 0.25) is 0 Å². The Labute approximate surface area is 96.5 Å². The fourth-order valence-electron chi connectivity index (χ4n) is 1.45. The number of ether oxygens (including phenoxy) is 1. The van der Waals surface area contributed by atoms with Crippen LogP contribution in [0, 0.1) is 13.8 Å². The SMILES string of the molecule is Cc1cc(S(N)(=O)=O)c(C)cc1OC(C)C. The summed E-state index contributed by atoms with van der Waals surface area (Å²) in [6.07, 6.45) is 0.0541. The highest BCUT2D eigenvalue weighted by atomic mass is 32.2. The first-order chi connectivity index (χ1) is 7.21. The molecule has 0 atom stereocenters. The first-order valence-electron chi connectivity index (χ1n) is 5.02. The molecule has 4 nitrogen and oxygen atoms in total. The van der Waals surface area contributed by atoms with Crippen LogP contribution in [-0.4, -0.2) is 14.5 Å². The van der Waals surface area contributed by atoms with Crippen molar-refractivity contribution in [2.24, 2.45) is 5.14 Å². The summed E-state index contributed by atoms with van der Waals surface area (Å²) < 4.78 is 28.1. The molecular formula is C11H17NO3S. The lowest BCUT2D eigenvalue weighted by Crippen LogP contribution is -2.14. The van der Waals surface area contributed by atoms with Gasteiger partial charge in [0, 0.05) is 0 Å². The van der Waals surface area contributed by atoms with Crippen molar-refractivity contribution in [1.29, 1.82) is 0 Å². The lowest BCUT2D eigenvalue weighted by atomic mass is 10.1. The van der Waals surface area contributed by atoms with Crippen LogP contribution in [0.3, 0.4) is 0 Å². The molecule has 0 aliphatic heterocycles. The van der Waals surface area contributed by atoms with Crippen molar-refractivity contribution >= 4 is 10.0 Å². The van der Waals surface area contributed by atoms with Gasteiger partial charge in [0.15, 0.2) is 0 Å². The second-order valence-corrected chi connectivity index (χ2v) is 5.62. The average molecular weight is 243 g/mol. The Kier molecular flexibility index (Phi) is 3.60. The number of hydrogen-bond acceptors (Lipinski definition) is 3. The Balaban J connectivity index is 3.28. The number of nitrogens with two attached hydrogens (primary N) is 1. The van der Waals surface area contributed by atoms with Crippen LogP contribution in [0.5, 0.6) is 5.75 Å². The summed E-state index contributed by atoms with van der Waals surface area (Å²) in [5.41, 5.74) is 1.37. The molecule has 0 aromatic heterocycles. The molecule has 0 radical (unpaired) electrons. The first-order valence-corrected chi connectivity index (χ1v) is 6.57. The van der Waals surface area contributed by atoms with Crippen LogP contribution in [0.25, 0.3) is 0 Å². The summed E-state index contributed by atoms with van der Waals surface area (Å²) in [6.45, 7) is 7.34. The highest BCUT2D eigenvalue weighted by Gasteiger charge is 2.14. The topological polar surface area (TPSA) is 69.4 Å². The van der Waals surface area contributed by atoms with Crippen LogP contribution in [0.4, 0.5) is 0 Å². The van der Waals surface area contributed by atoms with Gasteiger partial charge in [-0.15, -0.1) is 0 Å². The number of rotatable bonds is 3. The maximum Gasteiger partial charge on any atom is 0.238 e. The van der Waals surface area contributed by atoms with E-state index in [2.05, 4.69) is 0 Å². The standard InChI is InChI=1S/C11H17NO3S/c1-7(2)15-10-5-9(4)11(6-8(10)3)16(12,13)14/h5-7H,1-4H3,(H2,12,13,14). The zero-order chi connectivity index (χ0) is 12.5. The lowest BCUT2D eigenvalue weighted by molar-refractivity contribution is 0.240. The Bertz CT molecular complexity index is 492. The third-order valence-corrected chi connectivity index (χ3v) is 3.19. The van der Waals surface area contributed by atoms with Crippen LogP contribution in [-0.2, 0) is 10.0 Å². The zero-order valence-electron chi connectivity index (χ0n) is 9.94. The van der Waals surface area contributed by atoms with Gasteiger partial charge in [0.05, 0.1) is 11.0 Å². The first kappa shape index (κ1) is 13.0. The summed E-state index contributed by atoms with van der Waals surface area (Å²) in [7, 11) is -3.66. The monoisotopic (exact) mass is 243 g/mol. The molecule has 1 aromatic rings. The second kappa shape index (κ2) is 4.43. The smallest absolute Gasteiger partial charge is 0.238 e. The van der Waals surface area contributed by atoms with Gasteiger partial charge in [-0.3, -0.25) is 0 Å². The summed E-state index contributed by atoms with van der Waals surface area (Å²) in [6, 6.07) is 3.25. The van der Waals surface area contributed by atoms with E-state index >= 15 is 0 Å². The van der Waals surface area contributed by atoms with E-state index in [-0.39, 0.29) is 11.0 Å². The van der Waals surface area contributed by atoms with Crippen molar-refractivity contribution in [3.63, 3.8) is 0 Å². The molecule has 0 saturated carbocycles. The summed E-state index contributed by atoms with van der Waals surface area (Å²) in [5.74, 6) is 0.694. The fourth-order valence-corrected chi connectivity index (χ4v) is 2.30. The minimum absolute atomic E-state index is 0.0541. The molecular weight excluding hydrogens is 226 g/mol. The van der Waals surface area contributed by atoms with Crippen LogP contribution in [0.1, 0.15) is 25.0 Å². The molecule has 1 aromatic carbocycles. The molecule has 5 heteroatoms. The average Bonchev–Trinajstić information content (AvgIpc) is 2.07. The van der Waals surface area contributed by atoms with Gasteiger partial charge in [-0.05, 0) is 51.0 Å². The largest absolute Gasteiger partial charge is 0.491 e. The minimum atomic E-state index is -3.66. The van der Waals surface area contributed by atoms with Crippen molar-refractivity contribution in [3.8, 4) is 5.75 Å². The van der Waals surface area contributed by atoms with Crippen molar-refractivity contribution < 1.29 is 13.2 Å². The summed E-state index contributed by atoms with van der Waals surface area (Å²) in [4.78, 5) is 0.154. The van der Waals surface area contributed by atoms with Gasteiger partial charge in [0.2, 0.25) is 10.0 Å². The molecule has 16 heavy (non-hydrogen) atoms. The van der Waals surface area contributed by atoms with Gasteiger partial charge in [0.1, 0.15) is 5.75 Å². The highest BCUT2D eigenvalue weighted by molar-refractivity contribution is 7.89. The van der Waals surface area contributed by atoms with Crippen LogP contribution >= 0.6 is 0 Å². The fraction of sp³-hybridized carbons (Fsp3) is 0.455. The van der Waals surface area contributed by atoms with E-state index in [1.807, 2.05) is 13.8 Å². The van der Waals surface area contributed by atoms with Gasteiger partial charge >= 0.3 is 0 Å². The Morgan fingerprint density at radius 2 is 1.75 bits per heavy atom. The summed E-state index contributed by atoms with van der Waals surface area (Å²) in [5, 5.41) is 5.11. The molecule has 90 valence electrons. The van der Waals surface area contributed by atoms with Gasteiger partial charge in [0.25, 0.3) is 0 Å². The Morgan fingerprint density at radius 3 is 2.19 bits per heavy atom. The molecule has 0 amide bonds. The molecule has 0 bridgehead atoms. The van der Waals surface area contributed by atoms with E-state index < -0.39 is 10.0 Å². The predicted molar refractivity (Wildman–Crippen MR) is 63.1 cm³/mol. The van der Waals surface area contributed by atoms with Gasteiger partial charge in [-0.25, -0.2) is 13.6 Å². The quantitative estimate of drug-likeness (QED) is 0.879. The van der Waals surface area contributed by atoms with E-state index in [0.29, 0.717) is 11.3 Å². The van der Waals surface area contributed by atoms with Gasteiger partial charge in [-0.1, -0.05) is 0 Å². The number of aryl methyl sites for hydroxylation is 2. The van der Waals surface area contributed by atoms with Gasteiger partial charge in [-0.2, -0.15) is 0 Å². The molecule has 0 aliphatic carbocycles. The molecule has 0 spiro atoms. The van der Waals surface area contributed by atoms with E-state index in [1.54, 1.807) is 26.0 Å². The minimum Gasteiger partial charge on any atom is -0.491 e. The van der Waals surface area contributed by atoms with Crippen molar-refractivity contribution in [3.05, 3.63) is 23.3 Å². The van der Waals surface area contributed by atoms with Gasteiger partial charge < -0.3 is 4.74 Å². The van der Waals surface area contributed by atoms with Crippen molar-refractivity contribution in [1.82, 2.24) is 0 Å². The normalized spacial score (nSPS) is 11.9. The van der Waals surface area contributed by atoms with Crippen molar-refractivity contribution in [2.45, 2.75) is 38.7 Å². The molecule has 0 heterocycles. The third kappa shape index (κ3) is 2.96. The molecule has 0 aliphatic rings. The number of primary sulfonamides is 1. The predicted octanol–water partition coefficient (Wildman–Crippen LogP) is 1.74. The zero-order valence-corrected chi connectivity index (χ0v) is 10.8. The van der Waals surface area contributed by atoms with Crippen LogP contribution < -0.4 is 9.88 Å². The van der Waals surface area contributed by atoms with E-state index in [4.69, 9.17) is 9.88 Å². The molecule has 0 unspecified atom stereocenters.